The number of methoxy groups -OCH3 is 2. The zero-order valence-corrected chi connectivity index (χ0v) is 29.7. The van der Waals surface area contributed by atoms with Crippen molar-refractivity contribution in [2.75, 3.05) is 20.8 Å². The van der Waals surface area contributed by atoms with Gasteiger partial charge in [0.25, 0.3) is 11.7 Å². The Hall–Kier alpha value is -3.44. The Labute approximate surface area is 290 Å². The van der Waals surface area contributed by atoms with Crippen LogP contribution in [0.4, 0.5) is 0 Å². The largest absolute Gasteiger partial charge is 0.459 e. The van der Waals surface area contributed by atoms with Crippen LogP contribution in [0, 0.1) is 23.7 Å². The van der Waals surface area contributed by atoms with E-state index in [9.17, 15) is 24.3 Å². The molecule has 2 heterocycles. The number of Topliss-reactive ketones (excluding diaryl/α,β-unsaturated/α-hetero) is 2. The summed E-state index contributed by atoms with van der Waals surface area (Å²) in [7, 11) is 3.04. The van der Waals surface area contributed by atoms with Gasteiger partial charge in [0.1, 0.15) is 18.8 Å². The minimum atomic E-state index is -1.51. The molecule has 268 valence electrons. The maximum Gasteiger partial charge on any atom is 0.329 e. The number of aliphatic hydroxyl groups is 1. The molecule has 1 aliphatic carbocycles. The first-order valence-corrected chi connectivity index (χ1v) is 17.5. The quantitative estimate of drug-likeness (QED) is 0.305. The average molecular weight is 680 g/mol. The van der Waals surface area contributed by atoms with Crippen LogP contribution in [0.1, 0.15) is 65.4 Å². The van der Waals surface area contributed by atoms with E-state index in [1.54, 1.807) is 14.0 Å². The summed E-state index contributed by atoms with van der Waals surface area (Å²) in [6.45, 7) is 7.89. The fourth-order valence-corrected chi connectivity index (χ4v) is 7.41. The fourth-order valence-electron chi connectivity index (χ4n) is 7.41. The zero-order chi connectivity index (χ0) is 35.7. The lowest BCUT2D eigenvalue weighted by Crippen LogP contribution is -2.59. The lowest BCUT2D eigenvalue weighted by molar-refractivity contribution is -0.195. The number of amides is 1. The molecule has 49 heavy (non-hydrogen) atoms. The highest BCUT2D eigenvalue weighted by atomic mass is 16.5. The second kappa shape index (κ2) is 18.0. The lowest BCUT2D eigenvalue weighted by Gasteiger charge is -2.45. The topological polar surface area (TPSA) is 129 Å². The molecule has 0 aromatic heterocycles. The number of benzene rings is 1. The van der Waals surface area contributed by atoms with Gasteiger partial charge in [-0.1, -0.05) is 81.5 Å². The van der Waals surface area contributed by atoms with Crippen molar-refractivity contribution in [3.63, 3.8) is 0 Å². The Balaban J connectivity index is 1.61. The van der Waals surface area contributed by atoms with Crippen LogP contribution in [-0.4, -0.2) is 90.8 Å². The summed E-state index contributed by atoms with van der Waals surface area (Å²) in [6, 6.07) is 8.31. The molecule has 2 aliphatic heterocycles. The number of ether oxygens (including phenoxy) is 4. The summed E-state index contributed by atoms with van der Waals surface area (Å²) in [5, 5.41) is 11.3. The van der Waals surface area contributed by atoms with Gasteiger partial charge in [-0.2, -0.15) is 0 Å². The Morgan fingerprint density at radius 2 is 1.67 bits per heavy atom. The van der Waals surface area contributed by atoms with Crippen molar-refractivity contribution in [1.29, 1.82) is 0 Å². The number of hydrogen-bond donors (Lipinski definition) is 1. The molecule has 0 spiro atoms. The maximum absolute atomic E-state index is 14.0. The smallest absolute Gasteiger partial charge is 0.329 e. The number of likely N-dealkylation sites (tertiary alicyclic amines) is 1. The van der Waals surface area contributed by atoms with Crippen molar-refractivity contribution in [1.82, 2.24) is 4.90 Å². The first-order valence-electron chi connectivity index (χ1n) is 17.5. The molecule has 0 bridgehead atoms. The van der Waals surface area contributed by atoms with Crippen LogP contribution in [-0.2, 0) is 44.7 Å². The highest BCUT2D eigenvalue weighted by Crippen LogP contribution is 2.38. The van der Waals surface area contributed by atoms with E-state index in [-0.39, 0.29) is 30.8 Å². The number of hydrogen-bond acceptors (Lipinski definition) is 9. The van der Waals surface area contributed by atoms with E-state index in [4.69, 9.17) is 18.9 Å². The maximum atomic E-state index is 14.0. The molecular weight excluding hydrogens is 626 g/mol. The van der Waals surface area contributed by atoms with Gasteiger partial charge in [0, 0.05) is 32.6 Å². The van der Waals surface area contributed by atoms with Gasteiger partial charge in [-0.05, 0) is 62.0 Å². The Morgan fingerprint density at radius 1 is 0.959 bits per heavy atom. The number of piperidine rings is 1. The number of rotatable bonds is 8. The van der Waals surface area contributed by atoms with E-state index in [0.717, 1.165) is 11.1 Å². The van der Waals surface area contributed by atoms with Gasteiger partial charge in [0.15, 0.2) is 11.9 Å². The molecule has 5 unspecified atom stereocenters. The second-order valence-electron chi connectivity index (χ2n) is 13.9. The molecule has 0 radical (unpaired) electrons. The molecule has 1 N–H and O–H groups in total. The van der Waals surface area contributed by atoms with Gasteiger partial charge in [-0.25, -0.2) is 4.79 Å². The molecule has 10 heteroatoms. The first kappa shape index (κ1) is 38.4. The average Bonchev–Trinajstić information content (AvgIpc) is 3.11. The normalized spacial score (nSPS) is 35.4. The standard InChI is InChI=1S/C39H53NO9/c1-24-15-9-7-10-16-25(2)35(46-5)31(36(47-6)32(41)26(3)21-24)30-22-27(4)33(42)37(49-30)34(43)38(44)40-20-14-13-19-29(40)39(45)48-23-28-17-11-8-12-18-28/h7-12,15-18,24,26-27,29-31,33,35-37,42H,13-14,19-23H2,1-6H3/b10-7+,15-9-,25-16+/t24-,26+,27?,29?,30?,31?,33-,35+,36?,37-/m1/s1. The molecule has 4 rings (SSSR count). The molecule has 0 saturated carbocycles. The number of allylic oxidation sites excluding steroid dienone is 5. The van der Waals surface area contributed by atoms with Gasteiger partial charge in [-0.3, -0.25) is 14.4 Å². The predicted octanol–water partition coefficient (Wildman–Crippen LogP) is 4.78. The van der Waals surface area contributed by atoms with Gasteiger partial charge >= 0.3 is 5.97 Å². The van der Waals surface area contributed by atoms with Crippen molar-refractivity contribution < 1.29 is 43.2 Å². The van der Waals surface area contributed by atoms with Crippen LogP contribution < -0.4 is 0 Å². The third kappa shape index (κ3) is 9.42. The predicted molar refractivity (Wildman–Crippen MR) is 184 cm³/mol. The number of nitrogens with zero attached hydrogens (tertiary/aromatic N) is 1. The first-order chi connectivity index (χ1) is 23.5. The van der Waals surface area contributed by atoms with E-state index in [0.29, 0.717) is 32.1 Å². The third-order valence-electron chi connectivity index (χ3n) is 10.1. The van der Waals surface area contributed by atoms with Crippen LogP contribution >= 0.6 is 0 Å². The van der Waals surface area contributed by atoms with Gasteiger partial charge in [0.2, 0.25) is 0 Å². The molecule has 2 saturated heterocycles. The molecule has 1 aromatic rings. The van der Waals surface area contributed by atoms with Gasteiger partial charge in [0.05, 0.1) is 18.3 Å². The highest BCUT2D eigenvalue weighted by molar-refractivity contribution is 6.38. The number of ketones is 2. The summed E-state index contributed by atoms with van der Waals surface area (Å²) < 4.78 is 23.9. The minimum Gasteiger partial charge on any atom is -0.459 e. The highest BCUT2D eigenvalue weighted by Gasteiger charge is 2.51. The molecule has 1 aromatic carbocycles. The van der Waals surface area contributed by atoms with E-state index in [2.05, 4.69) is 13.0 Å². The molecular formula is C39H53NO9. The second-order valence-corrected chi connectivity index (χ2v) is 13.9. The van der Waals surface area contributed by atoms with Gasteiger partial charge < -0.3 is 29.0 Å². The molecule has 10 nitrogen and oxygen atoms in total. The fraction of sp³-hybridized carbons (Fsp3) is 0.590. The molecule has 2 fully saturated rings. The van der Waals surface area contributed by atoms with E-state index in [1.807, 2.05) is 68.5 Å². The summed E-state index contributed by atoms with van der Waals surface area (Å²) in [5.74, 6) is -3.88. The Bertz CT molecular complexity index is 1390. The van der Waals surface area contributed by atoms with Gasteiger partial charge in [-0.15, -0.1) is 0 Å². The van der Waals surface area contributed by atoms with Crippen LogP contribution in [0.5, 0.6) is 0 Å². The molecule has 3 aliphatic rings. The van der Waals surface area contributed by atoms with Crippen molar-refractivity contribution in [3.05, 3.63) is 71.8 Å². The minimum absolute atomic E-state index is 0.0505. The number of carbonyl (C=O) groups excluding carboxylic acids is 4. The van der Waals surface area contributed by atoms with E-state index < -0.39 is 66.1 Å². The van der Waals surface area contributed by atoms with Crippen molar-refractivity contribution in [2.45, 2.75) is 103 Å². The summed E-state index contributed by atoms with van der Waals surface area (Å²) in [4.78, 5) is 56.4. The van der Waals surface area contributed by atoms with Crippen molar-refractivity contribution in [2.24, 2.45) is 23.7 Å². The van der Waals surface area contributed by atoms with Crippen molar-refractivity contribution >= 4 is 23.4 Å². The Morgan fingerprint density at radius 3 is 2.37 bits per heavy atom. The van der Waals surface area contributed by atoms with E-state index >= 15 is 0 Å². The third-order valence-corrected chi connectivity index (χ3v) is 10.1. The van der Waals surface area contributed by atoms with Crippen LogP contribution in [0.3, 0.4) is 0 Å². The van der Waals surface area contributed by atoms with Crippen LogP contribution in [0.15, 0.2) is 66.3 Å². The van der Waals surface area contributed by atoms with E-state index in [1.165, 1.54) is 12.0 Å². The SMILES string of the molecule is COC1C(=O)[C@@H](C)C[C@H](C)\C=C/C=C/C=C(\C)[C@H](OC)C1C1CC(C)[C@@H](O)[C@H](C(=O)C(=O)N2CCCCC2C(=O)OCc2ccccc2)O1. The van der Waals surface area contributed by atoms with Crippen LogP contribution in [0.25, 0.3) is 0 Å². The summed E-state index contributed by atoms with van der Waals surface area (Å²) >= 11 is 0. The molecule has 1 amide bonds. The van der Waals surface area contributed by atoms with Crippen LogP contribution in [0.2, 0.25) is 0 Å². The lowest BCUT2D eigenvalue weighted by atomic mass is 9.75. The number of esters is 1. The zero-order valence-electron chi connectivity index (χ0n) is 29.7. The summed E-state index contributed by atoms with van der Waals surface area (Å²) in [5.41, 5.74) is 1.63. The summed E-state index contributed by atoms with van der Waals surface area (Å²) in [6.07, 6.45) is 7.21. The molecule has 10 atom stereocenters. The number of aliphatic hydroxyl groups excluding tert-OH is 1. The van der Waals surface area contributed by atoms with Crippen molar-refractivity contribution in [3.8, 4) is 0 Å². The number of carbonyl (C=O) groups is 4. The Kier molecular flexibility index (Phi) is 14.1. The monoisotopic (exact) mass is 679 g/mol.